The van der Waals surface area contributed by atoms with Crippen molar-refractivity contribution in [3.05, 3.63) is 12.7 Å². The van der Waals surface area contributed by atoms with Crippen molar-refractivity contribution in [1.29, 1.82) is 0 Å². The van der Waals surface area contributed by atoms with Crippen LogP contribution >= 0.6 is 0 Å². The third-order valence-electron chi connectivity index (χ3n) is 2.53. The molecule has 0 amide bonds. The zero-order valence-electron chi connectivity index (χ0n) is 10.1. The molecule has 0 unspecified atom stereocenters. The Bertz CT molecular complexity index is 537. The second-order valence-corrected chi connectivity index (χ2v) is 3.87. The number of hydrazine groups is 1. The Hall–Kier alpha value is -2.33. The number of hydrogen-bond donors (Lipinski definition) is 2. The molecular formula is C9H13N9O. The van der Waals surface area contributed by atoms with E-state index in [0.29, 0.717) is 25.1 Å². The highest BCUT2D eigenvalue weighted by Crippen LogP contribution is 2.07. The normalized spacial score (nSPS) is 16.4. The number of nitrogens with zero attached hydrogens (tertiary/aromatic N) is 7. The number of ether oxygens (including phenoxy) is 1. The van der Waals surface area contributed by atoms with Crippen molar-refractivity contribution in [2.45, 2.75) is 0 Å². The summed E-state index contributed by atoms with van der Waals surface area (Å²) in [6, 6.07) is 0. The average Bonchev–Trinajstić information content (AvgIpc) is 2.93. The summed E-state index contributed by atoms with van der Waals surface area (Å²) in [5.74, 6) is 0.817. The summed E-state index contributed by atoms with van der Waals surface area (Å²) in [6.45, 7) is 2.85. The summed E-state index contributed by atoms with van der Waals surface area (Å²) in [5.41, 5.74) is 8.74. The molecule has 1 saturated heterocycles. The summed E-state index contributed by atoms with van der Waals surface area (Å²) in [5, 5.41) is 5.91. The van der Waals surface area contributed by atoms with Gasteiger partial charge in [-0.1, -0.05) is 0 Å². The fourth-order valence-electron chi connectivity index (χ4n) is 1.66. The first kappa shape index (κ1) is 11.7. The third kappa shape index (κ3) is 2.74. The molecule has 3 rings (SSSR count). The molecule has 0 radical (unpaired) electrons. The van der Waals surface area contributed by atoms with Crippen LogP contribution in [0.2, 0.25) is 0 Å². The van der Waals surface area contributed by atoms with Crippen LogP contribution in [0.4, 0.5) is 11.9 Å². The van der Waals surface area contributed by atoms with Gasteiger partial charge in [-0.15, -0.1) is 0 Å². The molecule has 10 heteroatoms. The van der Waals surface area contributed by atoms with E-state index in [4.69, 9.17) is 10.5 Å². The Morgan fingerprint density at radius 1 is 1.21 bits per heavy atom. The smallest absolute Gasteiger partial charge is 0.258 e. The van der Waals surface area contributed by atoms with Gasteiger partial charge in [0.25, 0.3) is 5.95 Å². The van der Waals surface area contributed by atoms with Gasteiger partial charge < -0.3 is 10.5 Å². The highest BCUT2D eigenvalue weighted by atomic mass is 16.5. The molecule has 100 valence electrons. The maximum absolute atomic E-state index is 5.66. The summed E-state index contributed by atoms with van der Waals surface area (Å²) in [7, 11) is 0. The summed E-state index contributed by atoms with van der Waals surface area (Å²) in [4.78, 5) is 16.1. The van der Waals surface area contributed by atoms with Gasteiger partial charge in [0, 0.05) is 13.1 Å². The van der Waals surface area contributed by atoms with E-state index in [1.807, 2.05) is 5.01 Å². The van der Waals surface area contributed by atoms with Crippen LogP contribution in [0.5, 0.6) is 0 Å². The van der Waals surface area contributed by atoms with Crippen LogP contribution in [0.15, 0.2) is 12.7 Å². The molecule has 0 aromatic carbocycles. The Morgan fingerprint density at radius 2 is 2.05 bits per heavy atom. The number of anilines is 2. The molecule has 1 fully saturated rings. The zero-order valence-corrected chi connectivity index (χ0v) is 10.1. The lowest BCUT2D eigenvalue weighted by molar-refractivity contribution is 0.0492. The molecule has 0 atom stereocenters. The predicted molar refractivity (Wildman–Crippen MR) is 65.2 cm³/mol. The van der Waals surface area contributed by atoms with Crippen molar-refractivity contribution in [3.8, 4) is 5.95 Å². The van der Waals surface area contributed by atoms with Crippen LogP contribution in [0.25, 0.3) is 5.95 Å². The third-order valence-corrected chi connectivity index (χ3v) is 2.53. The first-order chi connectivity index (χ1) is 9.31. The van der Waals surface area contributed by atoms with E-state index in [-0.39, 0.29) is 5.95 Å². The van der Waals surface area contributed by atoms with Gasteiger partial charge >= 0.3 is 0 Å². The fourth-order valence-corrected chi connectivity index (χ4v) is 1.66. The highest BCUT2D eigenvalue weighted by Gasteiger charge is 2.13. The van der Waals surface area contributed by atoms with Crippen LogP contribution in [0.1, 0.15) is 0 Å². The largest absolute Gasteiger partial charge is 0.379 e. The van der Waals surface area contributed by atoms with Gasteiger partial charge in [0.1, 0.15) is 12.7 Å². The minimum Gasteiger partial charge on any atom is -0.379 e. The molecule has 0 bridgehead atoms. The Labute approximate surface area is 108 Å². The van der Waals surface area contributed by atoms with Crippen molar-refractivity contribution in [1.82, 2.24) is 34.7 Å². The van der Waals surface area contributed by atoms with Gasteiger partial charge in [-0.2, -0.15) is 24.7 Å². The lowest BCUT2D eigenvalue weighted by Gasteiger charge is -2.26. The molecule has 19 heavy (non-hydrogen) atoms. The Kier molecular flexibility index (Phi) is 3.16. The van der Waals surface area contributed by atoms with Gasteiger partial charge in [0.2, 0.25) is 11.9 Å². The molecule has 0 aliphatic carbocycles. The van der Waals surface area contributed by atoms with Crippen molar-refractivity contribution in [2.24, 2.45) is 0 Å². The lowest BCUT2D eigenvalue weighted by Crippen LogP contribution is -2.40. The number of morpholine rings is 1. The van der Waals surface area contributed by atoms with Crippen molar-refractivity contribution in [2.75, 3.05) is 37.5 Å². The molecule has 2 aromatic heterocycles. The van der Waals surface area contributed by atoms with Crippen LogP contribution in [0.3, 0.4) is 0 Å². The minimum absolute atomic E-state index is 0.122. The quantitative estimate of drug-likeness (QED) is 0.695. The molecule has 3 heterocycles. The summed E-state index contributed by atoms with van der Waals surface area (Å²) < 4.78 is 6.68. The van der Waals surface area contributed by atoms with E-state index < -0.39 is 0 Å². The fraction of sp³-hybridized carbons (Fsp3) is 0.444. The molecule has 10 nitrogen and oxygen atoms in total. The topological polar surface area (TPSA) is 120 Å². The molecule has 3 N–H and O–H groups in total. The maximum atomic E-state index is 5.66. The van der Waals surface area contributed by atoms with Gasteiger partial charge in [0.05, 0.1) is 13.2 Å². The SMILES string of the molecule is Nc1nc(NN2CCOCC2)nc(-n2cncn2)n1. The van der Waals surface area contributed by atoms with Gasteiger partial charge in [-0.3, -0.25) is 5.43 Å². The standard InChI is InChI=1S/C9H13N9O/c10-7-13-8(16-17-1-3-19-4-2-17)15-9(14-7)18-6-11-5-12-18/h5-6H,1-4H2,(H3,10,13,14,15,16). The molecule has 0 saturated carbocycles. The molecule has 0 spiro atoms. The van der Waals surface area contributed by atoms with Crippen LogP contribution in [0, 0.1) is 0 Å². The van der Waals surface area contributed by atoms with Crippen LogP contribution < -0.4 is 11.2 Å². The van der Waals surface area contributed by atoms with Gasteiger partial charge in [-0.05, 0) is 0 Å². The first-order valence-electron chi connectivity index (χ1n) is 5.77. The number of nitrogens with one attached hydrogen (secondary N) is 1. The Morgan fingerprint density at radius 3 is 2.79 bits per heavy atom. The van der Waals surface area contributed by atoms with Crippen molar-refractivity contribution in [3.63, 3.8) is 0 Å². The number of nitrogen functional groups attached to an aromatic ring is 1. The Balaban J connectivity index is 1.81. The van der Waals surface area contributed by atoms with Crippen LogP contribution in [-0.4, -0.2) is 61.0 Å². The lowest BCUT2D eigenvalue weighted by atomic mass is 10.5. The van der Waals surface area contributed by atoms with Gasteiger partial charge in [-0.25, -0.2) is 9.99 Å². The first-order valence-corrected chi connectivity index (χ1v) is 5.77. The molecule has 2 aromatic rings. The minimum atomic E-state index is 0.122. The van der Waals surface area contributed by atoms with E-state index in [0.717, 1.165) is 13.1 Å². The number of hydrogen-bond acceptors (Lipinski definition) is 9. The average molecular weight is 263 g/mol. The monoisotopic (exact) mass is 263 g/mol. The predicted octanol–water partition coefficient (Wildman–Crippen LogP) is -1.31. The van der Waals surface area contributed by atoms with E-state index in [9.17, 15) is 0 Å². The summed E-state index contributed by atoms with van der Waals surface area (Å²) >= 11 is 0. The van der Waals surface area contributed by atoms with E-state index in [1.165, 1.54) is 17.3 Å². The number of rotatable bonds is 3. The van der Waals surface area contributed by atoms with E-state index in [2.05, 4.69) is 30.5 Å². The van der Waals surface area contributed by atoms with E-state index >= 15 is 0 Å². The second-order valence-electron chi connectivity index (χ2n) is 3.87. The molecule has 1 aliphatic heterocycles. The highest BCUT2D eigenvalue weighted by molar-refractivity contribution is 5.33. The van der Waals surface area contributed by atoms with Crippen LogP contribution in [-0.2, 0) is 4.74 Å². The van der Waals surface area contributed by atoms with Crippen molar-refractivity contribution >= 4 is 11.9 Å². The number of aromatic nitrogens is 6. The van der Waals surface area contributed by atoms with Crippen molar-refractivity contribution < 1.29 is 4.74 Å². The zero-order chi connectivity index (χ0) is 13.1. The second kappa shape index (κ2) is 5.12. The van der Waals surface area contributed by atoms with E-state index in [1.54, 1.807) is 0 Å². The number of nitrogens with two attached hydrogens (primary N) is 1. The molecular weight excluding hydrogens is 250 g/mol. The molecule has 1 aliphatic rings. The maximum Gasteiger partial charge on any atom is 0.258 e. The summed E-state index contributed by atoms with van der Waals surface area (Å²) in [6.07, 6.45) is 2.89. The van der Waals surface area contributed by atoms with Gasteiger partial charge in [0.15, 0.2) is 0 Å².